The number of nitrogens with zero attached hydrogens (tertiary/aromatic N) is 1. The van der Waals surface area contributed by atoms with Crippen LogP contribution in [-0.4, -0.2) is 7.11 Å². The number of ether oxygens (including phenoxy) is 1. The van der Waals surface area contributed by atoms with Gasteiger partial charge < -0.3 is 4.74 Å². The van der Waals surface area contributed by atoms with E-state index in [-0.39, 0.29) is 10.6 Å². The minimum atomic E-state index is 0.199. The summed E-state index contributed by atoms with van der Waals surface area (Å²) in [6.07, 6.45) is 1.44. The molecule has 0 aliphatic rings. The summed E-state index contributed by atoms with van der Waals surface area (Å²) in [7, 11) is 1.47. The van der Waals surface area contributed by atoms with Crippen LogP contribution in [-0.2, 0) is 4.74 Å². The van der Waals surface area contributed by atoms with Gasteiger partial charge in [0.2, 0.25) is 0 Å². The number of allylic oxidation sites excluding steroid dienone is 3. The average Bonchev–Trinajstić information content (AvgIpc) is 2.02. The van der Waals surface area contributed by atoms with E-state index in [0.29, 0.717) is 5.76 Å². The highest BCUT2D eigenvalue weighted by Crippen LogP contribution is 2.13. The molecule has 0 aromatic carbocycles. The highest BCUT2D eigenvalue weighted by Gasteiger charge is 1.97. The van der Waals surface area contributed by atoms with Crippen LogP contribution in [0.3, 0.4) is 0 Å². The molecule has 0 aromatic rings. The molecule has 0 fully saturated rings. The molecule has 0 rings (SSSR count). The monoisotopic (exact) mass is 169 g/mol. The lowest BCUT2D eigenvalue weighted by Gasteiger charge is -1.97. The minimum absolute atomic E-state index is 0.199. The Morgan fingerprint density at radius 3 is 2.55 bits per heavy atom. The normalized spacial score (nSPS) is 10.1. The molecule has 0 aromatic heterocycles. The topological polar surface area (TPSA) is 33.0 Å². The summed E-state index contributed by atoms with van der Waals surface area (Å²) in [6.45, 7) is 6.90. The van der Waals surface area contributed by atoms with Crippen LogP contribution in [0.15, 0.2) is 35.6 Å². The molecule has 0 spiro atoms. The Bertz CT molecular complexity index is 247. The number of hydrogen-bond donors (Lipinski definition) is 0. The van der Waals surface area contributed by atoms with Crippen LogP contribution in [0.1, 0.15) is 0 Å². The zero-order valence-corrected chi connectivity index (χ0v) is 6.98. The van der Waals surface area contributed by atoms with E-state index in [1.807, 2.05) is 0 Å². The quantitative estimate of drug-likeness (QED) is 0.369. The van der Waals surface area contributed by atoms with Crippen molar-refractivity contribution in [2.24, 2.45) is 0 Å². The second-order valence-electron chi connectivity index (χ2n) is 1.75. The third-order valence-electron chi connectivity index (χ3n) is 0.973. The van der Waals surface area contributed by atoms with Crippen LogP contribution < -0.4 is 0 Å². The Hall–Kier alpha value is -1.20. The number of halogens is 1. The summed E-state index contributed by atoms with van der Waals surface area (Å²) < 4.78 is 4.71. The zero-order chi connectivity index (χ0) is 8.85. The van der Waals surface area contributed by atoms with E-state index in [1.165, 1.54) is 13.2 Å². The molecule has 3 heteroatoms. The van der Waals surface area contributed by atoms with Gasteiger partial charge in [-0.25, -0.2) is 0 Å². The fourth-order valence-corrected chi connectivity index (χ4v) is 0.505. The third kappa shape index (κ3) is 3.49. The predicted octanol–water partition coefficient (Wildman–Crippen LogP) is 2.35. The van der Waals surface area contributed by atoms with E-state index in [4.69, 9.17) is 21.6 Å². The lowest BCUT2D eigenvalue weighted by Crippen LogP contribution is -1.81. The Kier molecular flexibility index (Phi) is 4.09. The summed E-state index contributed by atoms with van der Waals surface area (Å²) in [4.78, 5) is 0. The van der Waals surface area contributed by atoms with Crippen LogP contribution in [0, 0.1) is 11.3 Å². The molecule has 0 bridgehead atoms. The van der Waals surface area contributed by atoms with E-state index < -0.39 is 0 Å². The van der Waals surface area contributed by atoms with Gasteiger partial charge in [0.05, 0.1) is 17.7 Å². The van der Waals surface area contributed by atoms with Gasteiger partial charge in [-0.1, -0.05) is 24.8 Å². The van der Waals surface area contributed by atoms with Crippen molar-refractivity contribution >= 4 is 11.6 Å². The fraction of sp³-hybridized carbons (Fsp3) is 0.125. The van der Waals surface area contributed by atoms with Gasteiger partial charge in [0, 0.05) is 0 Å². The van der Waals surface area contributed by atoms with Crippen LogP contribution >= 0.6 is 11.6 Å². The highest BCUT2D eigenvalue weighted by molar-refractivity contribution is 6.32. The van der Waals surface area contributed by atoms with Gasteiger partial charge in [-0.15, -0.1) is 0 Å². The second kappa shape index (κ2) is 4.59. The van der Waals surface area contributed by atoms with Gasteiger partial charge in [-0.05, 0) is 6.08 Å². The summed E-state index contributed by atoms with van der Waals surface area (Å²) in [5, 5.41) is 8.59. The maximum Gasteiger partial charge on any atom is 0.113 e. The molecule has 0 aliphatic carbocycles. The smallest absolute Gasteiger partial charge is 0.113 e. The van der Waals surface area contributed by atoms with Gasteiger partial charge in [-0.3, -0.25) is 0 Å². The largest absolute Gasteiger partial charge is 0.497 e. The van der Waals surface area contributed by atoms with Gasteiger partial charge >= 0.3 is 0 Å². The Labute approximate surface area is 71.0 Å². The van der Waals surface area contributed by atoms with E-state index in [0.717, 1.165) is 0 Å². The Morgan fingerprint density at radius 2 is 2.18 bits per heavy atom. The SMILES string of the molecule is C=C(/C=C(/Cl)C(=C)C#N)OC. The molecule has 2 nitrogen and oxygen atoms in total. The molecule has 0 saturated carbocycles. The standard InChI is InChI=1S/C8H8ClNO/c1-6(5-10)8(9)4-7(2)11-3/h4H,1-2H2,3H3/b8-4+. The molecule has 0 N–H and O–H groups in total. The lowest BCUT2D eigenvalue weighted by molar-refractivity contribution is 0.308. The van der Waals surface area contributed by atoms with Crippen molar-refractivity contribution in [2.45, 2.75) is 0 Å². The van der Waals surface area contributed by atoms with Crippen LogP contribution in [0.25, 0.3) is 0 Å². The van der Waals surface area contributed by atoms with Crippen molar-refractivity contribution in [3.05, 3.63) is 35.6 Å². The van der Waals surface area contributed by atoms with E-state index in [2.05, 4.69) is 13.2 Å². The van der Waals surface area contributed by atoms with Gasteiger partial charge in [0.15, 0.2) is 0 Å². The van der Waals surface area contributed by atoms with Crippen molar-refractivity contribution in [1.29, 1.82) is 5.26 Å². The van der Waals surface area contributed by atoms with Crippen LogP contribution in [0.5, 0.6) is 0 Å². The molecular weight excluding hydrogens is 162 g/mol. The zero-order valence-electron chi connectivity index (χ0n) is 6.22. The Balaban J connectivity index is 4.37. The van der Waals surface area contributed by atoms with Crippen molar-refractivity contribution in [3.63, 3.8) is 0 Å². The van der Waals surface area contributed by atoms with Crippen molar-refractivity contribution in [3.8, 4) is 6.07 Å². The van der Waals surface area contributed by atoms with E-state index >= 15 is 0 Å². The number of nitriles is 1. The summed E-state index contributed by atoms with van der Waals surface area (Å²) in [5.41, 5.74) is 0.199. The molecule has 0 heterocycles. The molecule has 58 valence electrons. The number of methoxy groups -OCH3 is 1. The average molecular weight is 170 g/mol. The summed E-state index contributed by atoms with van der Waals surface area (Å²) in [6, 6.07) is 1.80. The summed E-state index contributed by atoms with van der Waals surface area (Å²) >= 11 is 5.60. The minimum Gasteiger partial charge on any atom is -0.497 e. The van der Waals surface area contributed by atoms with Crippen molar-refractivity contribution < 1.29 is 4.74 Å². The van der Waals surface area contributed by atoms with Crippen molar-refractivity contribution in [1.82, 2.24) is 0 Å². The molecular formula is C8H8ClNO. The lowest BCUT2D eigenvalue weighted by atomic mass is 10.3. The first kappa shape index (κ1) is 9.80. The van der Waals surface area contributed by atoms with Crippen LogP contribution in [0.2, 0.25) is 0 Å². The van der Waals surface area contributed by atoms with Crippen LogP contribution in [0.4, 0.5) is 0 Å². The maximum atomic E-state index is 8.35. The molecule has 0 unspecified atom stereocenters. The molecule has 0 radical (unpaired) electrons. The Morgan fingerprint density at radius 1 is 1.64 bits per heavy atom. The summed E-state index contributed by atoms with van der Waals surface area (Å²) in [5.74, 6) is 0.395. The number of hydrogen-bond acceptors (Lipinski definition) is 2. The fourth-order valence-electron chi connectivity index (χ4n) is 0.341. The highest BCUT2D eigenvalue weighted by atomic mass is 35.5. The molecule has 0 saturated heterocycles. The molecule has 0 aliphatic heterocycles. The van der Waals surface area contributed by atoms with E-state index in [9.17, 15) is 0 Å². The molecule has 11 heavy (non-hydrogen) atoms. The second-order valence-corrected chi connectivity index (χ2v) is 2.16. The van der Waals surface area contributed by atoms with Gasteiger partial charge in [0.1, 0.15) is 11.8 Å². The first-order valence-corrected chi connectivity index (χ1v) is 3.19. The molecule has 0 amide bonds. The number of rotatable bonds is 3. The van der Waals surface area contributed by atoms with Gasteiger partial charge in [0.25, 0.3) is 0 Å². The first-order chi connectivity index (χ1) is 5.11. The first-order valence-electron chi connectivity index (χ1n) is 2.81. The van der Waals surface area contributed by atoms with Crippen molar-refractivity contribution in [2.75, 3.05) is 7.11 Å². The van der Waals surface area contributed by atoms with E-state index in [1.54, 1.807) is 6.07 Å². The van der Waals surface area contributed by atoms with Gasteiger partial charge in [-0.2, -0.15) is 5.26 Å². The predicted molar refractivity (Wildman–Crippen MR) is 44.8 cm³/mol. The maximum absolute atomic E-state index is 8.35. The molecule has 0 atom stereocenters. The third-order valence-corrected chi connectivity index (χ3v) is 1.31.